The number of halogens is 1. The number of thiophene rings is 1. The lowest BCUT2D eigenvalue weighted by Crippen LogP contribution is -2.57. The van der Waals surface area contributed by atoms with Gasteiger partial charge >= 0.3 is 6.01 Å². The zero-order chi connectivity index (χ0) is 28.6. The number of nitrogen functional groups attached to an aromatic ring is 2. The van der Waals surface area contributed by atoms with E-state index in [2.05, 4.69) is 25.8 Å². The second kappa shape index (κ2) is 9.42. The average Bonchev–Trinajstić information content (AvgIpc) is 3.74. The zero-order valence-electron chi connectivity index (χ0n) is 22.8. The van der Waals surface area contributed by atoms with Crippen molar-refractivity contribution in [3.63, 3.8) is 0 Å². The summed E-state index contributed by atoms with van der Waals surface area (Å²) in [7, 11) is 0. The van der Waals surface area contributed by atoms with E-state index < -0.39 is 6.17 Å². The molecular formula is C28H29FN10OS2. The summed E-state index contributed by atoms with van der Waals surface area (Å²) in [5, 5.41) is 10.4. The van der Waals surface area contributed by atoms with Crippen molar-refractivity contribution in [3.05, 3.63) is 46.2 Å². The third kappa shape index (κ3) is 3.86. The topological polar surface area (TPSA) is 148 Å². The van der Waals surface area contributed by atoms with Gasteiger partial charge in [0.2, 0.25) is 0 Å². The molecule has 0 unspecified atom stereocenters. The molecule has 11 nitrogen and oxygen atoms in total. The van der Waals surface area contributed by atoms with E-state index in [-0.39, 0.29) is 16.3 Å². The normalized spacial score (nSPS) is 24.2. The van der Waals surface area contributed by atoms with Crippen LogP contribution < -0.4 is 21.1 Å². The second-order valence-corrected chi connectivity index (χ2v) is 14.2. The molecule has 0 saturated carbocycles. The number of thioether (sulfide) groups is 1. The molecule has 8 rings (SSSR count). The molecule has 8 heterocycles. The third-order valence-electron chi connectivity index (χ3n) is 9.18. The molecule has 0 aromatic carbocycles. The van der Waals surface area contributed by atoms with E-state index >= 15 is 0 Å². The van der Waals surface area contributed by atoms with E-state index in [4.69, 9.17) is 26.2 Å². The van der Waals surface area contributed by atoms with E-state index in [0.29, 0.717) is 67.1 Å². The van der Waals surface area contributed by atoms with Crippen LogP contribution in [0.4, 0.5) is 21.0 Å². The fraction of sp³-hybridized carbons (Fsp3) is 0.464. The number of alkyl halides is 1. The van der Waals surface area contributed by atoms with Gasteiger partial charge in [-0.25, -0.2) is 14.4 Å². The Morgan fingerprint density at radius 3 is 2.95 bits per heavy atom. The highest BCUT2D eigenvalue weighted by Crippen LogP contribution is 2.58. The molecule has 4 aromatic rings. The molecule has 0 amide bonds. The van der Waals surface area contributed by atoms with Gasteiger partial charge in [0.05, 0.1) is 28.7 Å². The van der Waals surface area contributed by atoms with Gasteiger partial charge in [0.25, 0.3) is 0 Å². The number of nitrogens with two attached hydrogens (primary N) is 2. The lowest BCUT2D eigenvalue weighted by molar-refractivity contribution is 0.107. The van der Waals surface area contributed by atoms with Gasteiger partial charge in [0, 0.05) is 54.0 Å². The van der Waals surface area contributed by atoms with Crippen LogP contribution in [-0.4, -0.2) is 73.9 Å². The molecule has 3 saturated heterocycles. The van der Waals surface area contributed by atoms with Gasteiger partial charge < -0.3 is 25.7 Å². The van der Waals surface area contributed by atoms with E-state index in [1.54, 1.807) is 12.5 Å². The second-order valence-electron chi connectivity index (χ2n) is 11.7. The third-order valence-corrected chi connectivity index (χ3v) is 11.8. The molecule has 4 aromatic heterocycles. The van der Waals surface area contributed by atoms with Crippen LogP contribution in [0, 0.1) is 11.3 Å². The number of nitriles is 1. The number of rotatable bonds is 6. The van der Waals surface area contributed by atoms with Crippen molar-refractivity contribution < 1.29 is 9.13 Å². The number of pyridine rings is 1. The Hall–Kier alpha value is -3.67. The van der Waals surface area contributed by atoms with Crippen molar-refractivity contribution in [2.45, 2.75) is 48.0 Å². The average molecular weight is 605 g/mol. The molecule has 14 heteroatoms. The molecule has 4 aliphatic heterocycles. The molecule has 1 spiro atoms. The molecule has 0 aliphatic carbocycles. The number of aromatic nitrogens is 5. The van der Waals surface area contributed by atoms with Crippen LogP contribution in [0.5, 0.6) is 6.01 Å². The smallest absolute Gasteiger partial charge is 0.320 e. The van der Waals surface area contributed by atoms with Gasteiger partial charge in [-0.1, -0.05) is 6.07 Å². The number of hydrogen-bond donors (Lipinski definition) is 2. The van der Waals surface area contributed by atoms with Crippen LogP contribution in [0.25, 0.3) is 11.2 Å². The van der Waals surface area contributed by atoms with Crippen molar-refractivity contribution >= 4 is 50.9 Å². The van der Waals surface area contributed by atoms with Crippen LogP contribution in [0.1, 0.15) is 40.8 Å². The van der Waals surface area contributed by atoms with Gasteiger partial charge in [-0.05, 0) is 25.5 Å². The molecule has 42 heavy (non-hydrogen) atoms. The fourth-order valence-corrected chi connectivity index (χ4v) is 10.0. The minimum absolute atomic E-state index is 0.214. The van der Waals surface area contributed by atoms with Gasteiger partial charge in [-0.2, -0.15) is 15.2 Å². The van der Waals surface area contributed by atoms with Crippen molar-refractivity contribution in [2.75, 3.05) is 49.2 Å². The van der Waals surface area contributed by atoms with Crippen molar-refractivity contribution in [3.8, 4) is 12.1 Å². The molecule has 216 valence electrons. The summed E-state index contributed by atoms with van der Waals surface area (Å²) in [5.41, 5.74) is 15.9. The number of hydrogen-bond acceptors (Lipinski definition) is 12. The Kier molecular flexibility index (Phi) is 5.83. The highest BCUT2D eigenvalue weighted by Gasteiger charge is 2.53. The van der Waals surface area contributed by atoms with Crippen molar-refractivity contribution in [1.29, 1.82) is 5.26 Å². The molecule has 0 radical (unpaired) electrons. The van der Waals surface area contributed by atoms with E-state index in [1.165, 1.54) is 16.2 Å². The van der Waals surface area contributed by atoms with E-state index in [1.807, 2.05) is 28.5 Å². The predicted molar refractivity (Wildman–Crippen MR) is 160 cm³/mol. The summed E-state index contributed by atoms with van der Waals surface area (Å²) in [4.78, 5) is 24.1. The quantitative estimate of drug-likeness (QED) is 0.334. The fourth-order valence-electron chi connectivity index (χ4n) is 7.20. The maximum atomic E-state index is 14.4. The summed E-state index contributed by atoms with van der Waals surface area (Å²) in [6.45, 7) is 3.49. The first-order valence-corrected chi connectivity index (χ1v) is 15.8. The number of imidazole rings is 1. The number of anilines is 3. The monoisotopic (exact) mass is 604 g/mol. The van der Waals surface area contributed by atoms with Crippen LogP contribution in [-0.2, 0) is 17.0 Å². The summed E-state index contributed by atoms with van der Waals surface area (Å²) in [5.74, 6) is 2.02. The minimum Gasteiger partial charge on any atom is -0.461 e. The van der Waals surface area contributed by atoms with Crippen molar-refractivity contribution in [2.24, 2.45) is 0 Å². The lowest BCUT2D eigenvalue weighted by atomic mass is 9.88. The molecule has 4 aliphatic rings. The Labute approximate surface area is 249 Å². The highest BCUT2D eigenvalue weighted by atomic mass is 32.2. The van der Waals surface area contributed by atoms with Gasteiger partial charge in [0.1, 0.15) is 35.2 Å². The van der Waals surface area contributed by atoms with Gasteiger partial charge in [0.15, 0.2) is 11.5 Å². The maximum absolute atomic E-state index is 14.4. The standard InChI is InChI=1S/C28H29FN10OS2/c29-17-7-27(4-2-6-39(27)10-17)14-40-26-35-24-21(37(15-34-24)9-16-3-1-5-33-22(16)31)25(36-26)38-12-28(13-38)20-18(8-30)23(32)42-19(20)11-41-28/h1,3,5,15,17H,2,4,6-7,9-14,32H2,(H2,31,33)/t17-,27+/m1/s1. The Morgan fingerprint density at radius 2 is 2.12 bits per heavy atom. The first-order chi connectivity index (χ1) is 20.4. The van der Waals surface area contributed by atoms with Crippen LogP contribution >= 0.6 is 23.1 Å². The first-order valence-electron chi connectivity index (χ1n) is 14.0. The van der Waals surface area contributed by atoms with Gasteiger partial charge in [-0.15, -0.1) is 23.1 Å². The number of fused-ring (bicyclic) bond motifs is 4. The Bertz CT molecular complexity index is 1760. The molecule has 4 N–H and O–H groups in total. The summed E-state index contributed by atoms with van der Waals surface area (Å²) >= 11 is 3.38. The molecular weight excluding hydrogens is 576 g/mol. The van der Waals surface area contributed by atoms with Crippen LogP contribution in [0.15, 0.2) is 24.7 Å². The van der Waals surface area contributed by atoms with E-state index in [0.717, 1.165) is 41.8 Å². The zero-order valence-corrected chi connectivity index (χ0v) is 24.4. The van der Waals surface area contributed by atoms with Gasteiger partial charge in [-0.3, -0.25) is 4.90 Å². The maximum Gasteiger partial charge on any atom is 0.320 e. The minimum atomic E-state index is -0.834. The highest BCUT2D eigenvalue weighted by molar-refractivity contribution is 8.00. The van der Waals surface area contributed by atoms with Crippen LogP contribution in [0.2, 0.25) is 0 Å². The SMILES string of the molecule is N#Cc1c(N)sc2c1C1(CN(c3nc(OC[C@@]45CCCN4C[C@H](F)C5)nc4ncn(Cc5cccnc5N)c34)C1)SC2. The summed E-state index contributed by atoms with van der Waals surface area (Å²) in [6, 6.07) is 6.38. The Morgan fingerprint density at radius 1 is 1.24 bits per heavy atom. The first kappa shape index (κ1) is 26.0. The molecule has 0 bridgehead atoms. The molecule has 2 atom stereocenters. The van der Waals surface area contributed by atoms with E-state index in [9.17, 15) is 9.65 Å². The number of ether oxygens (including phenoxy) is 1. The Balaban J connectivity index is 1.15. The largest absolute Gasteiger partial charge is 0.461 e. The summed E-state index contributed by atoms with van der Waals surface area (Å²) < 4.78 is 22.4. The molecule has 3 fully saturated rings. The van der Waals surface area contributed by atoms with Crippen LogP contribution in [0.3, 0.4) is 0 Å². The summed E-state index contributed by atoms with van der Waals surface area (Å²) in [6.07, 6.45) is 5.00. The lowest BCUT2D eigenvalue weighted by Gasteiger charge is -2.48. The predicted octanol–water partition coefficient (Wildman–Crippen LogP) is 3.28. The van der Waals surface area contributed by atoms with Crippen molar-refractivity contribution in [1.82, 2.24) is 29.4 Å². The number of nitrogens with zero attached hydrogens (tertiary/aromatic N) is 8.